The van der Waals surface area contributed by atoms with E-state index in [1.54, 1.807) is 13.3 Å². The number of amides is 1. The molecule has 0 saturated carbocycles. The van der Waals surface area contributed by atoms with Crippen molar-refractivity contribution in [1.29, 1.82) is 0 Å². The lowest BCUT2D eigenvalue weighted by Crippen LogP contribution is -2.42. The highest BCUT2D eigenvalue weighted by atomic mass is 79.9. The van der Waals surface area contributed by atoms with Crippen LogP contribution in [-0.4, -0.2) is 45.9 Å². The fourth-order valence-electron chi connectivity index (χ4n) is 5.22. The van der Waals surface area contributed by atoms with E-state index in [-0.39, 0.29) is 37.4 Å². The van der Waals surface area contributed by atoms with Gasteiger partial charge in [0, 0.05) is 70.3 Å². The van der Waals surface area contributed by atoms with Crippen LogP contribution < -0.4 is 10.1 Å². The number of fused-ring (bicyclic) bond motifs is 2. The Hall–Kier alpha value is -4.37. The molecule has 0 radical (unpaired) electrons. The lowest BCUT2D eigenvalue weighted by atomic mass is 9.86. The van der Waals surface area contributed by atoms with E-state index in [0.29, 0.717) is 0 Å². The first kappa shape index (κ1) is 28.2. The number of ether oxygens (including phenoxy) is 1. The van der Waals surface area contributed by atoms with Gasteiger partial charge in [0.1, 0.15) is 17.6 Å². The highest BCUT2D eigenvalue weighted by Crippen LogP contribution is 2.36. The summed E-state index contributed by atoms with van der Waals surface area (Å²) in [6, 6.07) is 20.1. The summed E-state index contributed by atoms with van der Waals surface area (Å²) in [5.74, 6) is -1.21. The molecule has 2 heterocycles. The molecule has 0 aliphatic heterocycles. The maximum absolute atomic E-state index is 13.2. The SMILES string of the molecule is COc1ccc(C(CC(=O)CCC(=O)N[C@@H](Cc2c[nH]c3ccccc23)C(=O)O)c2c[nH]c3ccc(Br)cc23)cc1. The Labute approximate surface area is 245 Å². The summed E-state index contributed by atoms with van der Waals surface area (Å²) >= 11 is 3.54. The molecular weight excluding hydrogens is 586 g/mol. The number of carboxylic acids is 1. The van der Waals surface area contributed by atoms with E-state index < -0.39 is 17.9 Å². The minimum atomic E-state index is -1.12. The quantitative estimate of drug-likeness (QED) is 0.135. The van der Waals surface area contributed by atoms with Crippen LogP contribution in [-0.2, 0) is 20.8 Å². The van der Waals surface area contributed by atoms with Crippen LogP contribution >= 0.6 is 15.9 Å². The van der Waals surface area contributed by atoms with Crippen molar-refractivity contribution in [3.05, 3.63) is 100 Å². The van der Waals surface area contributed by atoms with E-state index in [1.807, 2.05) is 72.9 Å². The number of H-pyrrole nitrogens is 2. The van der Waals surface area contributed by atoms with E-state index in [0.717, 1.165) is 48.7 Å². The number of halogens is 1. The average Bonchev–Trinajstić information content (AvgIpc) is 3.58. The molecule has 9 heteroatoms. The molecule has 0 bridgehead atoms. The Bertz CT molecular complexity index is 1710. The van der Waals surface area contributed by atoms with Gasteiger partial charge in [0.15, 0.2) is 0 Å². The third-order valence-electron chi connectivity index (χ3n) is 7.36. The van der Waals surface area contributed by atoms with E-state index in [2.05, 4.69) is 31.2 Å². The number of ketones is 1. The standard InChI is InChI=1S/C32H30BrN3O5/c1-41-23-10-6-19(7-11-23)25(27-18-35-29-12-8-21(33)15-26(27)29)16-22(37)9-13-31(38)36-30(32(39)40)14-20-17-34-28-5-3-2-4-24(20)28/h2-8,10-12,15,17-18,25,30,34-35H,9,13-14,16H2,1H3,(H,36,38)(H,39,40)/t25?,30-/m0/s1. The topological polar surface area (TPSA) is 124 Å². The van der Waals surface area contributed by atoms with Gasteiger partial charge < -0.3 is 25.1 Å². The molecular formula is C32H30BrN3O5. The summed E-state index contributed by atoms with van der Waals surface area (Å²) in [6.45, 7) is 0. The second-order valence-corrected chi connectivity index (χ2v) is 10.9. The molecule has 0 fully saturated rings. The number of aromatic nitrogens is 2. The van der Waals surface area contributed by atoms with Crippen LogP contribution in [0.3, 0.4) is 0 Å². The van der Waals surface area contributed by atoms with Crippen molar-refractivity contribution in [3.63, 3.8) is 0 Å². The second kappa shape index (κ2) is 12.4. The Balaban J connectivity index is 1.27. The lowest BCUT2D eigenvalue weighted by molar-refractivity contribution is -0.141. The fraction of sp³-hybridized carbons (Fsp3) is 0.219. The molecule has 5 rings (SSSR count). The Morgan fingerprint density at radius 2 is 1.66 bits per heavy atom. The van der Waals surface area contributed by atoms with Crippen LogP contribution in [0.1, 0.15) is 41.9 Å². The van der Waals surface area contributed by atoms with Gasteiger partial charge in [-0.25, -0.2) is 4.79 Å². The minimum Gasteiger partial charge on any atom is -0.497 e. The number of para-hydroxylation sites is 1. The number of hydrogen-bond acceptors (Lipinski definition) is 4. The van der Waals surface area contributed by atoms with Gasteiger partial charge in [0.25, 0.3) is 0 Å². The molecule has 0 saturated heterocycles. The van der Waals surface area contributed by atoms with Gasteiger partial charge in [-0.15, -0.1) is 0 Å². The number of carboxylic acid groups (broad SMARTS) is 1. The molecule has 8 nitrogen and oxygen atoms in total. The summed E-state index contributed by atoms with van der Waals surface area (Å²) in [4.78, 5) is 44.4. The second-order valence-electron chi connectivity index (χ2n) is 10.0. The smallest absolute Gasteiger partial charge is 0.326 e. The van der Waals surface area contributed by atoms with Gasteiger partial charge in [-0.05, 0) is 53.1 Å². The van der Waals surface area contributed by atoms with Gasteiger partial charge in [-0.2, -0.15) is 0 Å². The molecule has 0 aliphatic carbocycles. The van der Waals surface area contributed by atoms with Gasteiger partial charge in [-0.3, -0.25) is 9.59 Å². The number of benzene rings is 3. The van der Waals surface area contributed by atoms with Crippen molar-refractivity contribution < 1.29 is 24.2 Å². The molecule has 1 amide bonds. The van der Waals surface area contributed by atoms with Crippen LogP contribution in [0.5, 0.6) is 5.75 Å². The van der Waals surface area contributed by atoms with Crippen molar-refractivity contribution in [2.45, 2.75) is 37.6 Å². The van der Waals surface area contributed by atoms with Crippen molar-refractivity contribution in [2.24, 2.45) is 0 Å². The maximum Gasteiger partial charge on any atom is 0.326 e. The first-order valence-electron chi connectivity index (χ1n) is 13.3. The highest BCUT2D eigenvalue weighted by molar-refractivity contribution is 9.10. The summed E-state index contributed by atoms with van der Waals surface area (Å²) in [5.41, 5.74) is 4.60. The van der Waals surface area contributed by atoms with E-state index in [9.17, 15) is 19.5 Å². The third kappa shape index (κ3) is 6.52. The number of carbonyl (C=O) groups is 3. The van der Waals surface area contributed by atoms with Crippen molar-refractivity contribution in [1.82, 2.24) is 15.3 Å². The van der Waals surface area contributed by atoms with Gasteiger partial charge in [0.05, 0.1) is 7.11 Å². The molecule has 5 aromatic rings. The summed E-state index contributed by atoms with van der Waals surface area (Å²) in [5, 5.41) is 14.3. The molecule has 2 atom stereocenters. The Morgan fingerprint density at radius 1 is 0.927 bits per heavy atom. The number of methoxy groups -OCH3 is 1. The van der Waals surface area contributed by atoms with Crippen molar-refractivity contribution in [3.8, 4) is 5.75 Å². The molecule has 2 aromatic heterocycles. The maximum atomic E-state index is 13.2. The minimum absolute atomic E-state index is 0.00393. The molecule has 0 aliphatic rings. The molecule has 41 heavy (non-hydrogen) atoms. The first-order chi connectivity index (χ1) is 19.8. The lowest BCUT2D eigenvalue weighted by Gasteiger charge is -2.18. The van der Waals surface area contributed by atoms with E-state index in [4.69, 9.17) is 4.74 Å². The summed E-state index contributed by atoms with van der Waals surface area (Å²) in [6.07, 6.45) is 3.92. The van der Waals surface area contributed by atoms with E-state index >= 15 is 0 Å². The zero-order valence-electron chi connectivity index (χ0n) is 22.4. The Kier molecular flexibility index (Phi) is 8.54. The van der Waals surface area contributed by atoms with Crippen LogP contribution in [0.15, 0.2) is 83.6 Å². The Morgan fingerprint density at radius 3 is 2.41 bits per heavy atom. The largest absolute Gasteiger partial charge is 0.497 e. The predicted molar refractivity (Wildman–Crippen MR) is 161 cm³/mol. The first-order valence-corrected chi connectivity index (χ1v) is 14.1. The van der Waals surface area contributed by atoms with Gasteiger partial charge in [0.2, 0.25) is 5.91 Å². The number of carbonyl (C=O) groups excluding carboxylic acids is 2. The van der Waals surface area contributed by atoms with E-state index in [1.165, 1.54) is 0 Å². The highest BCUT2D eigenvalue weighted by Gasteiger charge is 2.24. The fourth-order valence-corrected chi connectivity index (χ4v) is 5.58. The van der Waals surface area contributed by atoms with Crippen molar-refractivity contribution in [2.75, 3.05) is 7.11 Å². The van der Waals surface area contributed by atoms with Crippen molar-refractivity contribution >= 4 is 55.4 Å². The van der Waals surface area contributed by atoms with Crippen LogP contribution in [0.4, 0.5) is 0 Å². The number of nitrogens with one attached hydrogen (secondary N) is 3. The zero-order valence-corrected chi connectivity index (χ0v) is 24.0. The van der Waals surface area contributed by atoms with Crippen LogP contribution in [0.2, 0.25) is 0 Å². The molecule has 4 N–H and O–H groups in total. The number of rotatable bonds is 12. The van der Waals surface area contributed by atoms with Crippen LogP contribution in [0, 0.1) is 0 Å². The number of aromatic amines is 2. The normalized spacial score (nSPS) is 12.7. The monoisotopic (exact) mass is 615 g/mol. The number of aliphatic carboxylic acids is 1. The van der Waals surface area contributed by atoms with Crippen LogP contribution in [0.25, 0.3) is 21.8 Å². The van der Waals surface area contributed by atoms with Gasteiger partial charge >= 0.3 is 5.97 Å². The van der Waals surface area contributed by atoms with Gasteiger partial charge in [-0.1, -0.05) is 46.3 Å². The molecule has 1 unspecified atom stereocenters. The molecule has 0 spiro atoms. The molecule has 3 aromatic carbocycles. The zero-order chi connectivity index (χ0) is 28.9. The molecule has 210 valence electrons. The predicted octanol–water partition coefficient (Wildman–Crippen LogP) is 6.10. The summed E-state index contributed by atoms with van der Waals surface area (Å²) < 4.78 is 6.24. The third-order valence-corrected chi connectivity index (χ3v) is 7.86. The summed E-state index contributed by atoms with van der Waals surface area (Å²) in [7, 11) is 1.60. The average molecular weight is 617 g/mol. The number of Topliss-reactive ketones (excluding diaryl/α,β-unsaturated/α-hetero) is 1. The number of hydrogen-bond donors (Lipinski definition) is 4.